The Kier molecular flexibility index (Phi) is 3.96. The number of halogens is 2. The highest BCUT2D eigenvalue weighted by Gasteiger charge is 2.33. The Morgan fingerprint density at radius 1 is 1.45 bits per heavy atom. The lowest BCUT2D eigenvalue weighted by Crippen LogP contribution is -2.32. The summed E-state index contributed by atoms with van der Waals surface area (Å²) >= 11 is 13.4. The van der Waals surface area contributed by atoms with Crippen molar-refractivity contribution in [3.63, 3.8) is 0 Å². The van der Waals surface area contributed by atoms with Crippen LogP contribution in [0.25, 0.3) is 0 Å². The molecule has 0 radical (unpaired) electrons. The number of carbonyl (C=O) groups is 1. The summed E-state index contributed by atoms with van der Waals surface area (Å²) in [6.07, 6.45) is 3.61. The minimum Gasteiger partial charge on any atom is -0.330 e. The van der Waals surface area contributed by atoms with Crippen LogP contribution in [0.3, 0.4) is 0 Å². The molecule has 0 saturated heterocycles. The number of hydrogen-bond donors (Lipinski definition) is 0. The molecule has 20 heavy (non-hydrogen) atoms. The molecule has 1 aliphatic carbocycles. The Balaban J connectivity index is 1.83. The third kappa shape index (κ3) is 2.97. The fraction of sp³-hybridized carbons (Fsp3) is 0.286. The van der Waals surface area contributed by atoms with Gasteiger partial charge in [-0.05, 0) is 30.4 Å². The first-order valence-electron chi connectivity index (χ1n) is 6.29. The van der Waals surface area contributed by atoms with Crippen molar-refractivity contribution in [1.29, 1.82) is 0 Å². The molecule has 3 nitrogen and oxygen atoms in total. The van der Waals surface area contributed by atoms with Crippen LogP contribution in [0.15, 0.2) is 29.8 Å². The van der Waals surface area contributed by atoms with Gasteiger partial charge in [-0.1, -0.05) is 29.3 Å². The van der Waals surface area contributed by atoms with Crippen molar-refractivity contribution in [2.24, 2.45) is 0 Å². The zero-order valence-corrected chi connectivity index (χ0v) is 12.9. The van der Waals surface area contributed by atoms with E-state index in [2.05, 4.69) is 4.98 Å². The number of hydrogen-bond acceptors (Lipinski definition) is 3. The maximum absolute atomic E-state index is 12.6. The van der Waals surface area contributed by atoms with Gasteiger partial charge in [0.15, 0.2) is 0 Å². The van der Waals surface area contributed by atoms with Crippen LogP contribution in [0.2, 0.25) is 10.2 Å². The molecular weight excluding hydrogens is 315 g/mol. The average Bonchev–Trinajstić information content (AvgIpc) is 3.15. The van der Waals surface area contributed by atoms with Crippen LogP contribution in [0.1, 0.15) is 28.1 Å². The highest BCUT2D eigenvalue weighted by Crippen LogP contribution is 2.31. The summed E-state index contributed by atoms with van der Waals surface area (Å²) in [5, 5.41) is 2.55. The Bertz CT molecular complexity index is 626. The van der Waals surface area contributed by atoms with E-state index in [0.717, 1.165) is 12.8 Å². The molecule has 0 aromatic carbocycles. The van der Waals surface area contributed by atoms with Crippen LogP contribution in [0.5, 0.6) is 0 Å². The first-order chi connectivity index (χ1) is 9.65. The first kappa shape index (κ1) is 13.9. The van der Waals surface area contributed by atoms with Crippen molar-refractivity contribution in [3.05, 3.63) is 50.4 Å². The van der Waals surface area contributed by atoms with Gasteiger partial charge >= 0.3 is 0 Å². The number of pyridine rings is 1. The molecule has 0 unspecified atom stereocenters. The number of aromatic nitrogens is 1. The quantitative estimate of drug-likeness (QED) is 0.787. The third-order valence-corrected chi connectivity index (χ3v) is 4.75. The van der Waals surface area contributed by atoms with E-state index in [1.165, 1.54) is 11.1 Å². The van der Waals surface area contributed by atoms with Crippen molar-refractivity contribution in [2.45, 2.75) is 25.4 Å². The molecule has 6 heteroatoms. The van der Waals surface area contributed by atoms with E-state index in [4.69, 9.17) is 23.2 Å². The van der Waals surface area contributed by atoms with E-state index < -0.39 is 0 Å². The molecule has 1 aliphatic rings. The highest BCUT2D eigenvalue weighted by atomic mass is 35.5. The van der Waals surface area contributed by atoms with E-state index >= 15 is 0 Å². The third-order valence-electron chi connectivity index (χ3n) is 3.20. The summed E-state index contributed by atoms with van der Waals surface area (Å²) in [7, 11) is 0. The molecule has 104 valence electrons. The molecule has 2 aromatic heterocycles. The molecule has 1 fully saturated rings. The summed E-state index contributed by atoms with van der Waals surface area (Å²) in [6, 6.07) is 5.96. The molecule has 0 spiro atoms. The smallest absolute Gasteiger partial charge is 0.256 e. The van der Waals surface area contributed by atoms with Crippen molar-refractivity contribution < 1.29 is 4.79 Å². The highest BCUT2D eigenvalue weighted by molar-refractivity contribution is 7.09. The van der Waals surface area contributed by atoms with Crippen LogP contribution < -0.4 is 0 Å². The van der Waals surface area contributed by atoms with Gasteiger partial charge in [0, 0.05) is 17.1 Å². The number of thiophene rings is 1. The number of nitrogens with zero attached hydrogens (tertiary/aromatic N) is 2. The van der Waals surface area contributed by atoms with Crippen molar-refractivity contribution in [3.8, 4) is 0 Å². The van der Waals surface area contributed by atoms with Crippen LogP contribution in [-0.4, -0.2) is 21.8 Å². The molecule has 0 N–H and O–H groups in total. The minimum absolute atomic E-state index is 0.0352. The van der Waals surface area contributed by atoms with E-state index in [0.29, 0.717) is 23.2 Å². The number of carbonyl (C=O) groups excluding carboxylic acids is 1. The molecule has 1 amide bonds. The van der Waals surface area contributed by atoms with Gasteiger partial charge in [-0.15, -0.1) is 11.3 Å². The molecule has 2 heterocycles. The molecule has 0 bridgehead atoms. The molecule has 2 aromatic rings. The predicted molar refractivity (Wildman–Crippen MR) is 81.5 cm³/mol. The van der Waals surface area contributed by atoms with Crippen LogP contribution >= 0.6 is 34.5 Å². The van der Waals surface area contributed by atoms with E-state index in [9.17, 15) is 4.79 Å². The summed E-state index contributed by atoms with van der Waals surface area (Å²) in [6.45, 7) is 0.640. The van der Waals surface area contributed by atoms with Gasteiger partial charge in [-0.3, -0.25) is 4.79 Å². The Labute approximate surface area is 131 Å². The van der Waals surface area contributed by atoms with E-state index in [-0.39, 0.29) is 11.1 Å². The SMILES string of the molecule is O=C(c1cnc(Cl)c(Cl)c1)N(Cc1cccs1)C1CC1. The summed E-state index contributed by atoms with van der Waals surface area (Å²) in [5.41, 5.74) is 0.489. The first-order valence-corrected chi connectivity index (χ1v) is 7.93. The van der Waals surface area contributed by atoms with Gasteiger partial charge in [0.1, 0.15) is 5.15 Å². The average molecular weight is 327 g/mol. The second-order valence-electron chi connectivity index (χ2n) is 4.74. The topological polar surface area (TPSA) is 33.2 Å². The fourth-order valence-electron chi connectivity index (χ4n) is 2.03. The zero-order chi connectivity index (χ0) is 14.1. The number of rotatable bonds is 4. The van der Waals surface area contributed by atoms with Crippen LogP contribution in [-0.2, 0) is 6.54 Å². The largest absolute Gasteiger partial charge is 0.330 e. The number of amides is 1. The maximum atomic E-state index is 12.6. The zero-order valence-electron chi connectivity index (χ0n) is 10.6. The maximum Gasteiger partial charge on any atom is 0.256 e. The van der Waals surface area contributed by atoms with Gasteiger partial charge < -0.3 is 4.90 Å². The van der Waals surface area contributed by atoms with Crippen molar-refractivity contribution in [2.75, 3.05) is 0 Å². The molecule has 0 aliphatic heterocycles. The van der Waals surface area contributed by atoms with Crippen LogP contribution in [0, 0.1) is 0 Å². The van der Waals surface area contributed by atoms with Crippen LogP contribution in [0.4, 0.5) is 0 Å². The van der Waals surface area contributed by atoms with Crippen molar-refractivity contribution >= 4 is 40.4 Å². The summed E-state index contributed by atoms with van der Waals surface area (Å²) in [5.74, 6) is -0.0352. The predicted octanol–water partition coefficient (Wildman–Crippen LogP) is 4.25. The fourth-order valence-corrected chi connectivity index (χ4v) is 3.00. The van der Waals surface area contributed by atoms with E-state index in [1.54, 1.807) is 17.4 Å². The van der Waals surface area contributed by atoms with Gasteiger partial charge in [0.2, 0.25) is 0 Å². The van der Waals surface area contributed by atoms with Gasteiger partial charge in [-0.25, -0.2) is 4.98 Å². The molecule has 3 rings (SSSR count). The van der Waals surface area contributed by atoms with Gasteiger partial charge in [0.25, 0.3) is 5.91 Å². The Morgan fingerprint density at radius 3 is 2.85 bits per heavy atom. The monoisotopic (exact) mass is 326 g/mol. The van der Waals surface area contributed by atoms with Gasteiger partial charge in [-0.2, -0.15) is 0 Å². The Morgan fingerprint density at radius 2 is 2.25 bits per heavy atom. The summed E-state index contributed by atoms with van der Waals surface area (Å²) in [4.78, 5) is 19.6. The molecule has 0 atom stereocenters. The minimum atomic E-state index is -0.0352. The normalized spacial score (nSPS) is 14.3. The Hall–Kier alpha value is -1.10. The summed E-state index contributed by atoms with van der Waals surface area (Å²) < 4.78 is 0. The second-order valence-corrected chi connectivity index (χ2v) is 6.54. The lowest BCUT2D eigenvalue weighted by atomic mass is 10.2. The lowest BCUT2D eigenvalue weighted by Gasteiger charge is -2.21. The second kappa shape index (κ2) is 5.72. The standard InChI is InChI=1S/C14H12Cl2N2OS/c15-12-6-9(7-17-13(12)16)14(19)18(10-3-4-10)8-11-2-1-5-20-11/h1-2,5-7,10H,3-4,8H2. The van der Waals surface area contributed by atoms with Gasteiger partial charge in [0.05, 0.1) is 17.1 Å². The van der Waals surface area contributed by atoms with Crippen molar-refractivity contribution in [1.82, 2.24) is 9.88 Å². The van der Waals surface area contributed by atoms with E-state index in [1.807, 2.05) is 22.4 Å². The lowest BCUT2D eigenvalue weighted by molar-refractivity contribution is 0.0731. The molecule has 1 saturated carbocycles. The molecular formula is C14H12Cl2N2OS.